The fourth-order valence-electron chi connectivity index (χ4n) is 4.46. The van der Waals surface area contributed by atoms with Crippen molar-refractivity contribution in [2.45, 2.75) is 97.8 Å². The highest BCUT2D eigenvalue weighted by Gasteiger charge is 2.36. The molecule has 2 aromatic rings. The number of aromatic hydroxyl groups is 1. The van der Waals surface area contributed by atoms with E-state index in [-0.39, 0.29) is 12.3 Å². The molecular formula is C32H47N3O6. The number of phenols is 1. The van der Waals surface area contributed by atoms with E-state index in [0.29, 0.717) is 29.0 Å². The van der Waals surface area contributed by atoms with E-state index in [1.807, 2.05) is 0 Å². The number of methoxy groups -OCH3 is 1. The molecule has 0 saturated carbocycles. The molecule has 226 valence electrons. The maximum absolute atomic E-state index is 13.9. The van der Waals surface area contributed by atoms with Crippen LogP contribution in [0.1, 0.15) is 90.3 Å². The highest BCUT2D eigenvalue weighted by molar-refractivity contribution is 5.99. The number of ether oxygens (including phenoxy) is 2. The molecule has 3 amide bonds. The second kappa shape index (κ2) is 15.9. The first-order valence-electron chi connectivity index (χ1n) is 14.4. The summed E-state index contributed by atoms with van der Waals surface area (Å²) in [4.78, 5) is 41.8. The summed E-state index contributed by atoms with van der Waals surface area (Å²) in [5, 5.41) is 16.5. The first kappa shape index (κ1) is 33.5. The Balaban J connectivity index is 2.45. The molecular weight excluding hydrogens is 522 g/mol. The molecule has 0 heterocycles. The first-order valence-corrected chi connectivity index (χ1v) is 14.4. The number of anilines is 1. The number of carbonyl (C=O) groups is 3. The molecule has 9 heteroatoms. The quantitative estimate of drug-likeness (QED) is 0.224. The van der Waals surface area contributed by atoms with Gasteiger partial charge in [0.05, 0.1) is 7.11 Å². The van der Waals surface area contributed by atoms with Crippen molar-refractivity contribution in [1.29, 1.82) is 0 Å². The van der Waals surface area contributed by atoms with E-state index < -0.39 is 35.6 Å². The maximum Gasteiger partial charge on any atom is 0.408 e. The van der Waals surface area contributed by atoms with Crippen LogP contribution in [0.3, 0.4) is 0 Å². The summed E-state index contributed by atoms with van der Waals surface area (Å²) in [5.41, 5.74) is 0.662. The summed E-state index contributed by atoms with van der Waals surface area (Å²) in [6.45, 7) is 10.9. The molecule has 2 rings (SSSR count). The summed E-state index contributed by atoms with van der Waals surface area (Å²) >= 11 is 0. The number of hydrogen-bond donors (Lipinski definition) is 3. The summed E-state index contributed by atoms with van der Waals surface area (Å²) < 4.78 is 10.6. The van der Waals surface area contributed by atoms with Gasteiger partial charge in [0.2, 0.25) is 5.91 Å². The van der Waals surface area contributed by atoms with Crippen molar-refractivity contribution in [3.63, 3.8) is 0 Å². The normalized spacial score (nSPS) is 12.7. The van der Waals surface area contributed by atoms with Gasteiger partial charge in [-0.15, -0.1) is 0 Å². The minimum atomic E-state index is -1.15. The third kappa shape index (κ3) is 10.6. The zero-order valence-corrected chi connectivity index (χ0v) is 25.6. The van der Waals surface area contributed by atoms with Gasteiger partial charge in [-0.2, -0.15) is 0 Å². The lowest BCUT2D eigenvalue weighted by Crippen LogP contribution is -2.51. The fourth-order valence-corrected chi connectivity index (χ4v) is 4.46. The number of phenolic OH excluding ortho intramolecular Hbond substituents is 1. The van der Waals surface area contributed by atoms with Gasteiger partial charge in [-0.05, 0) is 70.9 Å². The van der Waals surface area contributed by atoms with Crippen molar-refractivity contribution < 1.29 is 29.0 Å². The van der Waals surface area contributed by atoms with Crippen LogP contribution in [0.25, 0.3) is 0 Å². The van der Waals surface area contributed by atoms with E-state index in [1.165, 1.54) is 4.90 Å². The van der Waals surface area contributed by atoms with Crippen molar-refractivity contribution >= 4 is 23.6 Å². The smallest absolute Gasteiger partial charge is 0.408 e. The van der Waals surface area contributed by atoms with E-state index >= 15 is 0 Å². The summed E-state index contributed by atoms with van der Waals surface area (Å²) in [6.07, 6.45) is 5.19. The molecule has 0 bridgehead atoms. The number of nitrogens with zero attached hydrogens (tertiary/aromatic N) is 1. The Morgan fingerprint density at radius 2 is 1.61 bits per heavy atom. The Bertz CT molecular complexity index is 1140. The number of benzene rings is 2. The molecule has 2 atom stereocenters. The van der Waals surface area contributed by atoms with E-state index in [2.05, 4.69) is 17.6 Å². The molecule has 0 radical (unpaired) electrons. The highest BCUT2D eigenvalue weighted by atomic mass is 16.6. The standard InChI is InChI=1S/C32H47N3O6/c1-8-9-10-11-12-13-21-35(30(38)23(3)33-31(39)41-32(4,5)6)27(26-16-14-15-22(2)28(26)36)29(37)34-24-17-19-25(40-7)20-18-24/h14-20,23,27,36H,8-13,21H2,1-7H3,(H,33,39)(H,34,37). The molecule has 0 aliphatic carbocycles. The summed E-state index contributed by atoms with van der Waals surface area (Å²) in [7, 11) is 1.56. The van der Waals surface area contributed by atoms with Gasteiger partial charge in [0, 0.05) is 17.8 Å². The molecule has 0 saturated heterocycles. The lowest BCUT2D eigenvalue weighted by atomic mass is 9.98. The molecule has 2 aromatic carbocycles. The van der Waals surface area contributed by atoms with Crippen molar-refractivity contribution in [2.75, 3.05) is 19.0 Å². The molecule has 0 aliphatic rings. The van der Waals surface area contributed by atoms with Gasteiger partial charge < -0.3 is 30.1 Å². The SMILES string of the molecule is CCCCCCCCN(C(=O)C(C)NC(=O)OC(C)(C)C)C(C(=O)Nc1ccc(OC)cc1)c1cccc(C)c1O. The average Bonchev–Trinajstić information content (AvgIpc) is 2.90. The fraction of sp³-hybridized carbons (Fsp3) is 0.531. The number of hydrogen-bond acceptors (Lipinski definition) is 6. The van der Waals surface area contributed by atoms with Crippen LogP contribution in [-0.2, 0) is 14.3 Å². The van der Waals surface area contributed by atoms with Crippen molar-refractivity contribution in [1.82, 2.24) is 10.2 Å². The molecule has 9 nitrogen and oxygen atoms in total. The number of carbonyl (C=O) groups excluding carboxylic acids is 3. The lowest BCUT2D eigenvalue weighted by Gasteiger charge is -2.34. The number of nitrogens with one attached hydrogen (secondary N) is 2. The number of aryl methyl sites for hydroxylation is 1. The molecule has 2 unspecified atom stereocenters. The van der Waals surface area contributed by atoms with Gasteiger partial charge in [-0.25, -0.2) is 4.79 Å². The predicted molar refractivity (Wildman–Crippen MR) is 161 cm³/mol. The number of rotatable bonds is 14. The zero-order valence-electron chi connectivity index (χ0n) is 25.6. The Labute approximate surface area is 244 Å². The van der Waals surface area contributed by atoms with E-state index in [0.717, 1.165) is 32.1 Å². The topological polar surface area (TPSA) is 117 Å². The molecule has 0 aromatic heterocycles. The van der Waals surface area contributed by atoms with Crippen LogP contribution < -0.4 is 15.4 Å². The average molecular weight is 570 g/mol. The van der Waals surface area contributed by atoms with Gasteiger partial charge in [0.1, 0.15) is 29.2 Å². The molecule has 0 aliphatic heterocycles. The van der Waals surface area contributed by atoms with Gasteiger partial charge >= 0.3 is 6.09 Å². The van der Waals surface area contributed by atoms with E-state index in [1.54, 1.807) is 84.2 Å². The van der Waals surface area contributed by atoms with Crippen LogP contribution in [-0.4, -0.2) is 53.2 Å². The van der Waals surface area contributed by atoms with Crippen molar-refractivity contribution in [3.8, 4) is 11.5 Å². The summed E-state index contributed by atoms with van der Waals surface area (Å²) in [6, 6.07) is 9.86. The Morgan fingerprint density at radius 1 is 0.976 bits per heavy atom. The number of amides is 3. The summed E-state index contributed by atoms with van der Waals surface area (Å²) in [5.74, 6) is -0.367. The molecule has 41 heavy (non-hydrogen) atoms. The largest absolute Gasteiger partial charge is 0.507 e. The Hall–Kier alpha value is -3.75. The Kier molecular flexibility index (Phi) is 13.0. The van der Waals surface area contributed by atoms with Crippen LogP contribution in [0, 0.1) is 6.92 Å². The van der Waals surface area contributed by atoms with Gasteiger partial charge in [-0.3, -0.25) is 9.59 Å². The number of alkyl carbamates (subject to hydrolysis) is 1. The maximum atomic E-state index is 13.9. The van der Waals surface area contributed by atoms with Crippen LogP contribution in [0.4, 0.5) is 10.5 Å². The van der Waals surface area contributed by atoms with Crippen LogP contribution in [0.2, 0.25) is 0 Å². The second-order valence-electron chi connectivity index (χ2n) is 11.3. The highest BCUT2D eigenvalue weighted by Crippen LogP contribution is 2.33. The van der Waals surface area contributed by atoms with Gasteiger partial charge in [0.15, 0.2) is 0 Å². The van der Waals surface area contributed by atoms with Crippen LogP contribution in [0.5, 0.6) is 11.5 Å². The molecule has 0 spiro atoms. The van der Waals surface area contributed by atoms with Gasteiger partial charge in [0.25, 0.3) is 5.91 Å². The van der Waals surface area contributed by atoms with Gasteiger partial charge in [-0.1, -0.05) is 57.2 Å². The third-order valence-electron chi connectivity index (χ3n) is 6.62. The monoisotopic (exact) mass is 569 g/mol. The molecule has 3 N–H and O–H groups in total. The van der Waals surface area contributed by atoms with E-state index in [4.69, 9.17) is 9.47 Å². The lowest BCUT2D eigenvalue weighted by molar-refractivity contribution is -0.140. The minimum Gasteiger partial charge on any atom is -0.507 e. The van der Waals surface area contributed by atoms with Crippen molar-refractivity contribution in [3.05, 3.63) is 53.6 Å². The zero-order chi connectivity index (χ0) is 30.6. The third-order valence-corrected chi connectivity index (χ3v) is 6.62. The Morgan fingerprint density at radius 3 is 2.22 bits per heavy atom. The first-order chi connectivity index (χ1) is 19.4. The van der Waals surface area contributed by atoms with Crippen LogP contribution >= 0.6 is 0 Å². The van der Waals surface area contributed by atoms with Crippen LogP contribution in [0.15, 0.2) is 42.5 Å². The number of para-hydroxylation sites is 1. The second-order valence-corrected chi connectivity index (χ2v) is 11.3. The predicted octanol–water partition coefficient (Wildman–Crippen LogP) is 6.49. The number of unbranched alkanes of at least 4 members (excludes halogenated alkanes) is 5. The van der Waals surface area contributed by atoms with Crippen molar-refractivity contribution in [2.24, 2.45) is 0 Å². The minimum absolute atomic E-state index is 0.0594. The molecule has 0 fully saturated rings. The van der Waals surface area contributed by atoms with E-state index in [9.17, 15) is 19.5 Å².